The minimum absolute atomic E-state index is 0.241. The zero-order valence-electron chi connectivity index (χ0n) is 11.5. The van der Waals surface area contributed by atoms with E-state index in [1.165, 1.54) is 0 Å². The molecule has 22 heavy (non-hydrogen) atoms. The molecule has 0 unspecified atom stereocenters. The van der Waals surface area contributed by atoms with Gasteiger partial charge in [0, 0.05) is 5.69 Å². The summed E-state index contributed by atoms with van der Waals surface area (Å²) in [6.45, 7) is 1.99. The predicted molar refractivity (Wildman–Crippen MR) is 78.1 cm³/mol. The van der Waals surface area contributed by atoms with Crippen molar-refractivity contribution in [1.82, 2.24) is 24.8 Å². The first-order chi connectivity index (χ1) is 10.7. The molecule has 2 N–H and O–H groups in total. The van der Waals surface area contributed by atoms with Crippen molar-refractivity contribution in [3.05, 3.63) is 35.4 Å². The van der Waals surface area contributed by atoms with Crippen LogP contribution in [0.4, 0.5) is 5.82 Å². The van der Waals surface area contributed by atoms with Gasteiger partial charge in [-0.25, -0.2) is 14.6 Å². The van der Waals surface area contributed by atoms with Gasteiger partial charge in [0.15, 0.2) is 5.65 Å². The number of nitrogen functional groups attached to an aromatic ring is 1. The summed E-state index contributed by atoms with van der Waals surface area (Å²) in [5.41, 5.74) is 9.62. The number of nitrogens with two attached hydrogens (primary N) is 1. The molecule has 0 aliphatic heterocycles. The van der Waals surface area contributed by atoms with Crippen molar-refractivity contribution < 1.29 is 4.63 Å². The van der Waals surface area contributed by atoms with Crippen LogP contribution in [0, 0.1) is 18.3 Å². The van der Waals surface area contributed by atoms with Crippen LogP contribution in [-0.2, 0) is 0 Å². The third-order valence-electron chi connectivity index (χ3n) is 3.45. The van der Waals surface area contributed by atoms with Gasteiger partial charge in [-0.05, 0) is 29.4 Å². The van der Waals surface area contributed by atoms with Crippen molar-refractivity contribution in [2.24, 2.45) is 0 Å². The largest absolute Gasteiger partial charge is 0.384 e. The summed E-state index contributed by atoms with van der Waals surface area (Å²) in [7, 11) is 0. The predicted octanol–water partition coefficient (Wildman–Crippen LogP) is 1.72. The average Bonchev–Trinajstić information content (AvgIpc) is 3.07. The number of aryl methyl sites for hydroxylation is 1. The first-order valence-electron chi connectivity index (χ1n) is 6.46. The van der Waals surface area contributed by atoms with Gasteiger partial charge in [0.25, 0.3) is 0 Å². The first kappa shape index (κ1) is 12.3. The van der Waals surface area contributed by atoms with Crippen molar-refractivity contribution in [2.45, 2.75) is 6.92 Å². The lowest BCUT2D eigenvalue weighted by Gasteiger charge is -2.07. The third-order valence-corrected chi connectivity index (χ3v) is 3.45. The van der Waals surface area contributed by atoms with Gasteiger partial charge in [0.05, 0.1) is 0 Å². The van der Waals surface area contributed by atoms with Crippen LogP contribution in [-0.4, -0.2) is 24.8 Å². The average molecular weight is 291 g/mol. The molecule has 4 rings (SSSR count). The van der Waals surface area contributed by atoms with E-state index in [1.54, 1.807) is 4.57 Å². The van der Waals surface area contributed by atoms with E-state index in [-0.39, 0.29) is 22.7 Å². The van der Waals surface area contributed by atoms with E-state index >= 15 is 0 Å². The highest BCUT2D eigenvalue weighted by Crippen LogP contribution is 2.29. The number of fused-ring (bicyclic) bond motifs is 2. The molecule has 8 nitrogen and oxygen atoms in total. The number of nitriles is 1. The van der Waals surface area contributed by atoms with Gasteiger partial charge in [0.1, 0.15) is 23.0 Å². The standard InChI is InChI=1S/C14H9N7O/c1-7-2-4-8(5-3-7)21-11(16)9(6-15)10-14(21)18-13-12(17-10)19-22-20-13/h2-5H,16H2,1H3. The Morgan fingerprint density at radius 1 is 1.14 bits per heavy atom. The van der Waals surface area contributed by atoms with Crippen LogP contribution in [0.1, 0.15) is 11.1 Å². The van der Waals surface area contributed by atoms with E-state index in [4.69, 9.17) is 5.73 Å². The Kier molecular flexibility index (Phi) is 2.38. The smallest absolute Gasteiger partial charge is 0.245 e. The highest BCUT2D eigenvalue weighted by atomic mass is 16.6. The molecule has 0 radical (unpaired) electrons. The maximum atomic E-state index is 9.37. The van der Waals surface area contributed by atoms with Crippen molar-refractivity contribution in [3.8, 4) is 11.8 Å². The molecule has 1 aromatic carbocycles. The molecule has 0 spiro atoms. The Labute approximate surface area is 123 Å². The molecule has 0 aliphatic rings. The topological polar surface area (TPSA) is 119 Å². The lowest BCUT2D eigenvalue weighted by atomic mass is 10.2. The van der Waals surface area contributed by atoms with Crippen LogP contribution in [0.2, 0.25) is 0 Å². The zero-order valence-corrected chi connectivity index (χ0v) is 11.5. The second-order valence-electron chi connectivity index (χ2n) is 4.85. The number of rotatable bonds is 1. The monoisotopic (exact) mass is 291 g/mol. The number of hydrogen-bond acceptors (Lipinski definition) is 7. The van der Waals surface area contributed by atoms with Crippen molar-refractivity contribution in [2.75, 3.05) is 5.73 Å². The molecule has 3 aromatic heterocycles. The Balaban J connectivity index is 2.14. The fourth-order valence-corrected chi connectivity index (χ4v) is 2.37. The molecular weight excluding hydrogens is 282 g/mol. The normalized spacial score (nSPS) is 11.1. The summed E-state index contributed by atoms with van der Waals surface area (Å²) in [4.78, 5) is 8.65. The SMILES string of the molecule is Cc1ccc(-n2c(N)c(C#N)c3nc4nonc4nc32)cc1. The summed E-state index contributed by atoms with van der Waals surface area (Å²) in [6.07, 6.45) is 0. The maximum Gasteiger partial charge on any atom is 0.245 e. The highest BCUT2D eigenvalue weighted by Gasteiger charge is 2.21. The maximum absolute atomic E-state index is 9.37. The molecular formula is C14H9N7O. The molecule has 8 heteroatoms. The molecule has 0 bridgehead atoms. The van der Waals surface area contributed by atoms with Crippen LogP contribution in [0.25, 0.3) is 28.1 Å². The molecule has 0 fully saturated rings. The van der Waals surface area contributed by atoms with E-state index in [9.17, 15) is 5.26 Å². The lowest BCUT2D eigenvalue weighted by Crippen LogP contribution is -2.01. The molecule has 3 heterocycles. The fourth-order valence-electron chi connectivity index (χ4n) is 2.37. The van der Waals surface area contributed by atoms with Crippen molar-refractivity contribution in [1.29, 1.82) is 5.26 Å². The van der Waals surface area contributed by atoms with Gasteiger partial charge in [-0.3, -0.25) is 4.57 Å². The third kappa shape index (κ3) is 1.56. The summed E-state index contributed by atoms with van der Waals surface area (Å²) >= 11 is 0. The van der Waals surface area contributed by atoms with Crippen molar-refractivity contribution >= 4 is 28.3 Å². The molecule has 0 aliphatic carbocycles. The van der Waals surface area contributed by atoms with Crippen LogP contribution in [0.15, 0.2) is 28.9 Å². The Morgan fingerprint density at radius 3 is 2.50 bits per heavy atom. The van der Waals surface area contributed by atoms with Crippen LogP contribution in [0.5, 0.6) is 0 Å². The number of aromatic nitrogens is 5. The van der Waals surface area contributed by atoms with Gasteiger partial charge in [0.2, 0.25) is 11.3 Å². The Hall–Kier alpha value is -3.47. The van der Waals surface area contributed by atoms with Gasteiger partial charge in [-0.1, -0.05) is 17.7 Å². The summed E-state index contributed by atoms with van der Waals surface area (Å²) < 4.78 is 6.30. The second kappa shape index (κ2) is 4.26. The highest BCUT2D eigenvalue weighted by molar-refractivity contribution is 5.91. The minimum atomic E-state index is 0.241. The number of benzene rings is 1. The van der Waals surface area contributed by atoms with E-state index in [1.807, 2.05) is 31.2 Å². The quantitative estimate of drug-likeness (QED) is 0.566. The van der Waals surface area contributed by atoms with Crippen LogP contribution < -0.4 is 5.73 Å². The van der Waals surface area contributed by atoms with Gasteiger partial charge in [-0.15, -0.1) is 0 Å². The molecule has 0 amide bonds. The van der Waals surface area contributed by atoms with Crippen LogP contribution in [0.3, 0.4) is 0 Å². The fraction of sp³-hybridized carbons (Fsp3) is 0.0714. The Morgan fingerprint density at radius 2 is 1.82 bits per heavy atom. The van der Waals surface area contributed by atoms with E-state index in [2.05, 4.69) is 31.0 Å². The minimum Gasteiger partial charge on any atom is -0.384 e. The van der Waals surface area contributed by atoms with Crippen LogP contribution >= 0.6 is 0 Å². The van der Waals surface area contributed by atoms with E-state index in [0.29, 0.717) is 11.2 Å². The number of hydrogen-bond donors (Lipinski definition) is 1. The van der Waals surface area contributed by atoms with Crippen molar-refractivity contribution in [3.63, 3.8) is 0 Å². The molecule has 0 atom stereocenters. The zero-order chi connectivity index (χ0) is 15.3. The number of nitrogens with zero attached hydrogens (tertiary/aromatic N) is 6. The molecule has 0 saturated heterocycles. The first-order valence-corrected chi connectivity index (χ1v) is 6.46. The summed E-state index contributed by atoms with van der Waals surface area (Å²) in [5, 5.41) is 16.7. The van der Waals surface area contributed by atoms with Gasteiger partial charge in [-0.2, -0.15) is 5.26 Å². The summed E-state index contributed by atoms with van der Waals surface area (Å²) in [5.74, 6) is 0.283. The van der Waals surface area contributed by atoms with Gasteiger partial charge >= 0.3 is 0 Å². The molecule has 4 aromatic rings. The van der Waals surface area contributed by atoms with E-state index < -0.39 is 0 Å². The lowest BCUT2D eigenvalue weighted by molar-refractivity contribution is 0.314. The summed E-state index contributed by atoms with van der Waals surface area (Å²) in [6, 6.07) is 9.78. The Bertz CT molecular complexity index is 1050. The number of anilines is 1. The van der Waals surface area contributed by atoms with E-state index in [0.717, 1.165) is 11.3 Å². The molecule has 0 saturated carbocycles. The molecule has 106 valence electrons. The van der Waals surface area contributed by atoms with Gasteiger partial charge < -0.3 is 5.73 Å². The second-order valence-corrected chi connectivity index (χ2v) is 4.85.